The molecule has 5 nitrogen and oxygen atoms in total. The first kappa shape index (κ1) is 12.6. The zero-order valence-corrected chi connectivity index (χ0v) is 9.00. The van der Waals surface area contributed by atoms with Crippen molar-refractivity contribution in [3.8, 4) is 0 Å². The molecule has 15 heavy (non-hydrogen) atoms. The molecule has 88 valence electrons. The second-order valence-electron chi connectivity index (χ2n) is 3.51. The summed E-state index contributed by atoms with van der Waals surface area (Å²) in [6.45, 7) is 5.49. The van der Waals surface area contributed by atoms with Gasteiger partial charge in [-0.15, -0.1) is 6.58 Å². The first-order valence-corrected chi connectivity index (χ1v) is 4.88. The molecule has 0 aliphatic carbocycles. The van der Waals surface area contributed by atoms with Crippen molar-refractivity contribution in [2.75, 3.05) is 13.7 Å². The molecule has 1 fully saturated rings. The maximum absolute atomic E-state index is 9.72. The summed E-state index contributed by atoms with van der Waals surface area (Å²) in [5.74, 6) is 0. The zero-order chi connectivity index (χ0) is 11.4. The van der Waals surface area contributed by atoms with E-state index in [1.165, 1.54) is 7.11 Å². The molecule has 1 heterocycles. The van der Waals surface area contributed by atoms with Crippen molar-refractivity contribution < 1.29 is 24.4 Å². The fourth-order valence-corrected chi connectivity index (χ4v) is 1.55. The van der Waals surface area contributed by atoms with Gasteiger partial charge >= 0.3 is 0 Å². The number of aliphatic hydroxyl groups excluding tert-OH is 2. The first-order chi connectivity index (χ1) is 7.11. The summed E-state index contributed by atoms with van der Waals surface area (Å²) in [6, 6.07) is 0. The molecule has 0 aromatic rings. The molecule has 0 aromatic carbocycles. The van der Waals surface area contributed by atoms with Gasteiger partial charge in [-0.25, -0.2) is 0 Å². The second kappa shape index (κ2) is 5.58. The number of methoxy groups -OCH3 is 1. The third-order valence-electron chi connectivity index (χ3n) is 2.43. The van der Waals surface area contributed by atoms with E-state index in [1.54, 1.807) is 13.0 Å². The maximum atomic E-state index is 9.72. The van der Waals surface area contributed by atoms with Crippen LogP contribution in [0, 0.1) is 0 Å². The summed E-state index contributed by atoms with van der Waals surface area (Å²) in [5.41, 5.74) is 0. The van der Waals surface area contributed by atoms with Crippen LogP contribution in [0.4, 0.5) is 0 Å². The van der Waals surface area contributed by atoms with Crippen LogP contribution in [-0.2, 0) is 14.2 Å². The average molecular weight is 218 g/mol. The van der Waals surface area contributed by atoms with Gasteiger partial charge in [0.1, 0.15) is 18.3 Å². The van der Waals surface area contributed by atoms with Crippen LogP contribution in [-0.4, -0.2) is 54.6 Å². The molecule has 0 amide bonds. The molecule has 0 saturated carbocycles. The van der Waals surface area contributed by atoms with Crippen molar-refractivity contribution >= 4 is 0 Å². The Morgan fingerprint density at radius 2 is 2.07 bits per heavy atom. The molecule has 1 rings (SSSR count). The second-order valence-corrected chi connectivity index (χ2v) is 3.51. The summed E-state index contributed by atoms with van der Waals surface area (Å²) in [5, 5.41) is 19.3. The number of ether oxygens (including phenoxy) is 3. The monoisotopic (exact) mass is 218 g/mol. The van der Waals surface area contributed by atoms with E-state index in [-0.39, 0.29) is 0 Å². The Labute approximate surface area is 89.3 Å². The highest BCUT2D eigenvalue weighted by atomic mass is 16.7. The molecule has 0 aromatic heterocycles. The van der Waals surface area contributed by atoms with Crippen LogP contribution in [0.5, 0.6) is 0 Å². The van der Waals surface area contributed by atoms with Gasteiger partial charge in [-0.2, -0.15) is 0 Å². The molecular formula is C10H18O5. The molecule has 0 bridgehead atoms. The fraction of sp³-hybridized carbons (Fsp3) is 0.800. The van der Waals surface area contributed by atoms with Crippen LogP contribution < -0.4 is 0 Å². The summed E-state index contributed by atoms with van der Waals surface area (Å²) in [6.07, 6.45) is -2.23. The molecule has 1 aliphatic heterocycles. The van der Waals surface area contributed by atoms with E-state index in [4.69, 9.17) is 14.2 Å². The standard InChI is InChI=1S/C10H18O5/c1-4-5-14-10-9(13-3)8(12)7(11)6(2)15-10/h4,6-12H,1,5H2,2-3H3/t6-,7+,8+,9-,10-/m1/s1. The molecular weight excluding hydrogens is 200 g/mol. The van der Waals surface area contributed by atoms with E-state index >= 15 is 0 Å². The Morgan fingerprint density at radius 3 is 2.60 bits per heavy atom. The number of hydrogen-bond acceptors (Lipinski definition) is 5. The lowest BCUT2D eigenvalue weighted by Crippen LogP contribution is -2.58. The minimum Gasteiger partial charge on any atom is -0.388 e. The van der Waals surface area contributed by atoms with Crippen molar-refractivity contribution in [2.45, 2.75) is 37.6 Å². The van der Waals surface area contributed by atoms with Crippen molar-refractivity contribution in [3.05, 3.63) is 12.7 Å². The van der Waals surface area contributed by atoms with Crippen LogP contribution in [0.2, 0.25) is 0 Å². The topological polar surface area (TPSA) is 68.2 Å². The van der Waals surface area contributed by atoms with Gasteiger partial charge < -0.3 is 24.4 Å². The molecule has 0 radical (unpaired) electrons. The van der Waals surface area contributed by atoms with Gasteiger partial charge in [0.15, 0.2) is 6.29 Å². The van der Waals surface area contributed by atoms with Gasteiger partial charge in [-0.3, -0.25) is 0 Å². The highest BCUT2D eigenvalue weighted by Crippen LogP contribution is 2.23. The summed E-state index contributed by atoms with van der Waals surface area (Å²) >= 11 is 0. The molecule has 2 N–H and O–H groups in total. The van der Waals surface area contributed by atoms with Crippen LogP contribution in [0.3, 0.4) is 0 Å². The van der Waals surface area contributed by atoms with Gasteiger partial charge in [0, 0.05) is 7.11 Å². The summed E-state index contributed by atoms with van der Waals surface area (Å²) in [4.78, 5) is 0. The van der Waals surface area contributed by atoms with E-state index < -0.39 is 30.7 Å². The van der Waals surface area contributed by atoms with Gasteiger partial charge in [-0.05, 0) is 6.92 Å². The minimum atomic E-state index is -1.01. The SMILES string of the molecule is C=CCO[C@@H]1O[C@H](C)[C@H](O)[C@H](O)[C@H]1OC. The Kier molecular flexibility index (Phi) is 4.69. The number of hydrogen-bond donors (Lipinski definition) is 2. The van der Waals surface area contributed by atoms with E-state index in [1.807, 2.05) is 0 Å². The molecule has 0 unspecified atom stereocenters. The highest BCUT2D eigenvalue weighted by molar-refractivity contribution is 4.88. The molecule has 1 saturated heterocycles. The van der Waals surface area contributed by atoms with Crippen LogP contribution in [0.1, 0.15) is 6.92 Å². The quantitative estimate of drug-likeness (QED) is 0.632. The summed E-state index contributed by atoms with van der Waals surface area (Å²) in [7, 11) is 1.43. The van der Waals surface area contributed by atoms with E-state index in [2.05, 4.69) is 6.58 Å². The van der Waals surface area contributed by atoms with Crippen molar-refractivity contribution in [3.63, 3.8) is 0 Å². The normalized spacial score (nSPS) is 41.5. The van der Waals surface area contributed by atoms with Crippen LogP contribution in [0.15, 0.2) is 12.7 Å². The largest absolute Gasteiger partial charge is 0.388 e. The van der Waals surface area contributed by atoms with Gasteiger partial charge in [0.2, 0.25) is 0 Å². The first-order valence-electron chi connectivity index (χ1n) is 4.88. The predicted molar refractivity (Wildman–Crippen MR) is 53.3 cm³/mol. The van der Waals surface area contributed by atoms with Crippen LogP contribution >= 0.6 is 0 Å². The molecule has 1 aliphatic rings. The average Bonchev–Trinajstić information content (AvgIpc) is 2.23. The molecule has 0 spiro atoms. The molecule has 5 atom stereocenters. The van der Waals surface area contributed by atoms with Crippen molar-refractivity contribution in [2.24, 2.45) is 0 Å². The van der Waals surface area contributed by atoms with E-state index in [9.17, 15) is 10.2 Å². The predicted octanol–water partition coefficient (Wildman–Crippen LogP) is -0.329. The van der Waals surface area contributed by atoms with Gasteiger partial charge in [0.25, 0.3) is 0 Å². The lowest BCUT2D eigenvalue weighted by atomic mass is 10.00. The van der Waals surface area contributed by atoms with E-state index in [0.717, 1.165) is 0 Å². The van der Waals surface area contributed by atoms with Gasteiger partial charge in [-0.1, -0.05) is 6.08 Å². The number of aliphatic hydroxyl groups is 2. The highest BCUT2D eigenvalue weighted by Gasteiger charge is 2.43. The van der Waals surface area contributed by atoms with Crippen LogP contribution in [0.25, 0.3) is 0 Å². The van der Waals surface area contributed by atoms with Crippen molar-refractivity contribution in [1.29, 1.82) is 0 Å². The Balaban J connectivity index is 2.64. The maximum Gasteiger partial charge on any atom is 0.187 e. The third-order valence-corrected chi connectivity index (χ3v) is 2.43. The fourth-order valence-electron chi connectivity index (χ4n) is 1.55. The van der Waals surface area contributed by atoms with Gasteiger partial charge in [0.05, 0.1) is 12.7 Å². The Bertz CT molecular complexity index is 208. The molecule has 5 heteroatoms. The third kappa shape index (κ3) is 2.76. The Morgan fingerprint density at radius 1 is 1.40 bits per heavy atom. The Hall–Kier alpha value is -0.460. The minimum absolute atomic E-state index is 0.306. The lowest BCUT2D eigenvalue weighted by molar-refractivity contribution is -0.295. The summed E-state index contributed by atoms with van der Waals surface area (Å²) < 4.78 is 15.7. The number of rotatable bonds is 4. The smallest absolute Gasteiger partial charge is 0.187 e. The van der Waals surface area contributed by atoms with E-state index in [0.29, 0.717) is 6.61 Å². The lowest BCUT2D eigenvalue weighted by Gasteiger charge is -2.40. The van der Waals surface area contributed by atoms with Crippen molar-refractivity contribution in [1.82, 2.24) is 0 Å². The zero-order valence-electron chi connectivity index (χ0n) is 9.00.